The van der Waals surface area contributed by atoms with Crippen LogP contribution >= 0.6 is 0 Å². The highest BCUT2D eigenvalue weighted by molar-refractivity contribution is 5.94. The number of hydrogen-bond acceptors (Lipinski definition) is 6. The maximum absolute atomic E-state index is 13.5. The van der Waals surface area contributed by atoms with Crippen molar-refractivity contribution in [3.05, 3.63) is 54.6 Å². The summed E-state index contributed by atoms with van der Waals surface area (Å²) >= 11 is 0. The van der Waals surface area contributed by atoms with E-state index < -0.39 is 23.8 Å². The average Bonchev–Trinajstić information content (AvgIpc) is 3.38. The van der Waals surface area contributed by atoms with E-state index >= 15 is 0 Å². The molecule has 4 amide bonds. The number of nitrogens with zero attached hydrogens (tertiary/aromatic N) is 4. The van der Waals surface area contributed by atoms with E-state index in [9.17, 15) is 24.4 Å². The number of imidazole rings is 1. The van der Waals surface area contributed by atoms with Crippen LogP contribution in [0, 0.1) is 11.8 Å². The van der Waals surface area contributed by atoms with Gasteiger partial charge >= 0.3 is 0 Å². The van der Waals surface area contributed by atoms with Crippen LogP contribution in [0.3, 0.4) is 0 Å². The number of hydrogen-bond donors (Lipinski definition) is 3. The second-order valence-corrected chi connectivity index (χ2v) is 9.68. The quantitative estimate of drug-likeness (QED) is 0.277. The molecule has 1 aromatic carbocycles. The van der Waals surface area contributed by atoms with Crippen LogP contribution in [0.4, 0.5) is 0 Å². The Kier molecular flexibility index (Phi) is 11.8. The van der Waals surface area contributed by atoms with Gasteiger partial charge in [0.1, 0.15) is 12.6 Å². The van der Waals surface area contributed by atoms with Crippen molar-refractivity contribution in [2.45, 2.75) is 59.5 Å². The summed E-state index contributed by atoms with van der Waals surface area (Å²) in [6, 6.07) is 7.36. The van der Waals surface area contributed by atoms with Gasteiger partial charge in [-0.1, -0.05) is 45.9 Å². The van der Waals surface area contributed by atoms with Gasteiger partial charge in [0.25, 0.3) is 17.7 Å². The topological polar surface area (TPSA) is 137 Å². The smallest absolute Gasteiger partial charge is 0.268 e. The second kappa shape index (κ2) is 14.7. The molecule has 37 heavy (non-hydrogen) atoms. The Balaban J connectivity index is 2.34. The van der Waals surface area contributed by atoms with E-state index in [2.05, 4.69) is 10.3 Å². The van der Waals surface area contributed by atoms with Gasteiger partial charge in [0, 0.05) is 37.5 Å². The van der Waals surface area contributed by atoms with Gasteiger partial charge in [-0.05, 0) is 36.8 Å². The minimum Gasteiger partial charge on any atom is -0.352 e. The zero-order chi connectivity index (χ0) is 27.4. The molecule has 0 fully saturated rings. The highest BCUT2D eigenvalue weighted by Crippen LogP contribution is 2.18. The Morgan fingerprint density at radius 2 is 1.70 bits per heavy atom. The highest BCUT2D eigenvalue weighted by Gasteiger charge is 2.36. The number of hydrazine groups is 1. The van der Waals surface area contributed by atoms with Crippen LogP contribution in [-0.2, 0) is 20.9 Å². The SMILES string of the molecule is CC(C)CCC(=O)N([C@@H](CCNC(=O)c1ccccc1)C(=O)NO)N(CC(C)C)C(=O)Cn1ccnc1. The van der Waals surface area contributed by atoms with Crippen molar-refractivity contribution in [1.29, 1.82) is 0 Å². The fraction of sp³-hybridized carbons (Fsp3) is 0.500. The van der Waals surface area contributed by atoms with E-state index in [-0.39, 0.29) is 50.2 Å². The molecule has 2 rings (SSSR count). The first kappa shape index (κ1) is 29.5. The largest absolute Gasteiger partial charge is 0.352 e. The Labute approximate surface area is 217 Å². The van der Waals surface area contributed by atoms with Gasteiger partial charge in [-0.25, -0.2) is 20.5 Å². The van der Waals surface area contributed by atoms with E-state index in [1.165, 1.54) is 11.3 Å². The lowest BCUT2D eigenvalue weighted by Crippen LogP contribution is -2.60. The van der Waals surface area contributed by atoms with E-state index in [4.69, 9.17) is 0 Å². The highest BCUT2D eigenvalue weighted by atomic mass is 16.5. The van der Waals surface area contributed by atoms with Gasteiger partial charge in [0.05, 0.1) is 6.33 Å². The third kappa shape index (κ3) is 9.34. The fourth-order valence-electron chi connectivity index (χ4n) is 3.73. The van der Waals surface area contributed by atoms with Crippen LogP contribution in [0.1, 0.15) is 57.3 Å². The lowest BCUT2D eigenvalue weighted by molar-refractivity contribution is -0.176. The van der Waals surface area contributed by atoms with Crippen molar-refractivity contribution < 1.29 is 24.4 Å². The number of carbonyl (C=O) groups excluding carboxylic acids is 4. The van der Waals surface area contributed by atoms with Crippen molar-refractivity contribution in [3.8, 4) is 0 Å². The van der Waals surface area contributed by atoms with E-state index in [0.29, 0.717) is 12.0 Å². The van der Waals surface area contributed by atoms with Gasteiger partial charge in [-0.15, -0.1) is 0 Å². The number of amides is 4. The third-order valence-corrected chi connectivity index (χ3v) is 5.60. The molecule has 0 saturated carbocycles. The first-order valence-corrected chi connectivity index (χ1v) is 12.5. The maximum atomic E-state index is 13.5. The number of rotatable bonds is 13. The molecular formula is C26H38N6O5. The molecule has 0 bridgehead atoms. The molecule has 0 spiro atoms. The summed E-state index contributed by atoms with van der Waals surface area (Å²) in [6.07, 6.45) is 5.31. The minimum atomic E-state index is -1.23. The number of aromatic nitrogens is 2. The standard InChI is InChI=1S/C26H38N6O5/c1-19(2)10-11-23(33)32(31(16-20(3)4)24(34)17-30-15-14-27-18-30)22(26(36)29-37)12-13-28-25(35)21-8-6-5-7-9-21/h5-9,14-15,18-20,22,37H,10-13,16-17H2,1-4H3,(H,28,35)(H,29,36)/t22-/m0/s1. The molecule has 3 N–H and O–H groups in total. The summed E-state index contributed by atoms with van der Waals surface area (Å²) in [5.41, 5.74) is 2.08. The normalized spacial score (nSPS) is 11.8. The summed E-state index contributed by atoms with van der Waals surface area (Å²) in [6.45, 7) is 7.87. The molecule has 0 radical (unpaired) electrons. The zero-order valence-corrected chi connectivity index (χ0v) is 22.0. The summed E-state index contributed by atoms with van der Waals surface area (Å²) in [5.74, 6) is -1.82. The van der Waals surface area contributed by atoms with Gasteiger partial charge in [-0.3, -0.25) is 24.4 Å². The van der Waals surface area contributed by atoms with Gasteiger partial charge in [0.15, 0.2) is 0 Å². The number of hydroxylamine groups is 1. The monoisotopic (exact) mass is 514 g/mol. The van der Waals surface area contributed by atoms with Crippen LogP contribution in [0.5, 0.6) is 0 Å². The number of carbonyl (C=O) groups is 4. The minimum absolute atomic E-state index is 0.0225. The Bertz CT molecular complexity index is 1010. The van der Waals surface area contributed by atoms with Crippen LogP contribution in [0.2, 0.25) is 0 Å². The molecule has 2 aromatic rings. The summed E-state index contributed by atoms with van der Waals surface area (Å²) in [5, 5.41) is 14.7. The van der Waals surface area contributed by atoms with Gasteiger partial charge in [-0.2, -0.15) is 0 Å². The molecule has 1 heterocycles. The Hall–Kier alpha value is -3.73. The summed E-state index contributed by atoms with van der Waals surface area (Å²) in [7, 11) is 0. The number of benzene rings is 1. The van der Waals surface area contributed by atoms with Crippen LogP contribution in [-0.4, -0.2) is 67.5 Å². The molecule has 0 aliphatic carbocycles. The average molecular weight is 515 g/mol. The van der Waals surface area contributed by atoms with Crippen molar-refractivity contribution >= 4 is 23.6 Å². The van der Waals surface area contributed by atoms with Gasteiger partial charge < -0.3 is 9.88 Å². The molecule has 1 aromatic heterocycles. The van der Waals surface area contributed by atoms with Crippen LogP contribution < -0.4 is 10.8 Å². The van der Waals surface area contributed by atoms with E-state index in [1.807, 2.05) is 27.7 Å². The first-order valence-electron chi connectivity index (χ1n) is 12.5. The van der Waals surface area contributed by atoms with Crippen molar-refractivity contribution in [2.24, 2.45) is 11.8 Å². The molecule has 0 saturated heterocycles. The maximum Gasteiger partial charge on any atom is 0.268 e. The number of nitrogens with one attached hydrogen (secondary N) is 2. The molecule has 202 valence electrons. The second-order valence-electron chi connectivity index (χ2n) is 9.68. The Morgan fingerprint density at radius 3 is 2.27 bits per heavy atom. The molecule has 0 aliphatic rings. The summed E-state index contributed by atoms with van der Waals surface area (Å²) in [4.78, 5) is 56.3. The van der Waals surface area contributed by atoms with Gasteiger partial charge in [0.2, 0.25) is 5.91 Å². The van der Waals surface area contributed by atoms with E-state index in [1.54, 1.807) is 52.8 Å². The molecule has 11 nitrogen and oxygen atoms in total. The lowest BCUT2D eigenvalue weighted by atomic mass is 10.1. The lowest BCUT2D eigenvalue weighted by Gasteiger charge is -2.40. The predicted molar refractivity (Wildman–Crippen MR) is 137 cm³/mol. The summed E-state index contributed by atoms with van der Waals surface area (Å²) < 4.78 is 1.58. The van der Waals surface area contributed by atoms with Crippen molar-refractivity contribution in [2.75, 3.05) is 13.1 Å². The van der Waals surface area contributed by atoms with Crippen molar-refractivity contribution in [1.82, 2.24) is 30.4 Å². The molecule has 0 aliphatic heterocycles. The fourth-order valence-corrected chi connectivity index (χ4v) is 3.73. The molecule has 0 unspecified atom stereocenters. The third-order valence-electron chi connectivity index (χ3n) is 5.60. The van der Waals surface area contributed by atoms with Crippen molar-refractivity contribution in [3.63, 3.8) is 0 Å². The Morgan fingerprint density at radius 1 is 1.00 bits per heavy atom. The molecule has 1 atom stereocenters. The van der Waals surface area contributed by atoms with E-state index in [0.717, 1.165) is 5.01 Å². The van der Waals surface area contributed by atoms with Crippen LogP contribution in [0.25, 0.3) is 0 Å². The van der Waals surface area contributed by atoms with Crippen LogP contribution in [0.15, 0.2) is 49.1 Å². The zero-order valence-electron chi connectivity index (χ0n) is 22.0. The predicted octanol–water partition coefficient (Wildman–Crippen LogP) is 2.24. The molecule has 11 heteroatoms. The first-order chi connectivity index (χ1) is 17.6. The molecular weight excluding hydrogens is 476 g/mol.